The minimum Gasteiger partial charge on any atom is -0.347 e. The maximum absolute atomic E-state index is 13.2. The fourth-order valence-electron chi connectivity index (χ4n) is 4.81. The van der Waals surface area contributed by atoms with Crippen LogP contribution in [0.1, 0.15) is 31.2 Å². The van der Waals surface area contributed by atoms with E-state index >= 15 is 0 Å². The lowest BCUT2D eigenvalue weighted by molar-refractivity contribution is -0.175. The van der Waals surface area contributed by atoms with E-state index in [0.29, 0.717) is 42.1 Å². The first-order valence-electron chi connectivity index (χ1n) is 10.3. The SMILES string of the molecule is CN(C(=O)Cc1ccc(Cl)c(Cl)c1)C1CC2(CCCC1N1CC=CC1)OCCO2. The maximum Gasteiger partial charge on any atom is 0.227 e. The summed E-state index contributed by atoms with van der Waals surface area (Å²) >= 11 is 12.1. The fourth-order valence-corrected chi connectivity index (χ4v) is 5.13. The van der Waals surface area contributed by atoms with E-state index in [9.17, 15) is 4.79 Å². The number of nitrogens with zero attached hydrogens (tertiary/aromatic N) is 2. The molecule has 2 unspecified atom stereocenters. The van der Waals surface area contributed by atoms with Gasteiger partial charge in [0.15, 0.2) is 5.79 Å². The highest BCUT2D eigenvalue weighted by atomic mass is 35.5. The van der Waals surface area contributed by atoms with Crippen molar-refractivity contribution in [2.24, 2.45) is 0 Å². The van der Waals surface area contributed by atoms with Crippen LogP contribution in [0.4, 0.5) is 0 Å². The van der Waals surface area contributed by atoms with E-state index in [1.807, 2.05) is 18.0 Å². The molecular formula is C22H28Cl2N2O3. The molecule has 7 heteroatoms. The smallest absolute Gasteiger partial charge is 0.227 e. The highest BCUT2D eigenvalue weighted by molar-refractivity contribution is 6.42. The molecular weight excluding hydrogens is 411 g/mol. The standard InChI is InChI=1S/C22H28Cl2N2O3/c1-25(21(27)14-16-6-7-17(23)18(24)13-16)20-15-22(28-11-12-29-22)8-4-5-19(20)26-9-2-3-10-26/h2-3,6-7,13,19-20H,4-5,8-12,14-15H2,1H3. The molecule has 3 aliphatic rings. The number of carbonyl (C=O) groups is 1. The summed E-state index contributed by atoms with van der Waals surface area (Å²) in [6.07, 6.45) is 8.37. The molecule has 4 rings (SSSR count). The van der Waals surface area contributed by atoms with Crippen molar-refractivity contribution in [3.63, 3.8) is 0 Å². The van der Waals surface area contributed by atoms with Gasteiger partial charge in [0.25, 0.3) is 0 Å². The van der Waals surface area contributed by atoms with Crippen molar-refractivity contribution in [2.75, 3.05) is 33.4 Å². The molecule has 5 nitrogen and oxygen atoms in total. The van der Waals surface area contributed by atoms with Crippen molar-refractivity contribution in [3.05, 3.63) is 46.0 Å². The number of ether oxygens (including phenoxy) is 2. The van der Waals surface area contributed by atoms with Crippen molar-refractivity contribution < 1.29 is 14.3 Å². The molecule has 2 aliphatic heterocycles. The van der Waals surface area contributed by atoms with Gasteiger partial charge in [0, 0.05) is 39.0 Å². The van der Waals surface area contributed by atoms with E-state index < -0.39 is 5.79 Å². The van der Waals surface area contributed by atoms with Crippen LogP contribution in [-0.4, -0.2) is 66.9 Å². The largest absolute Gasteiger partial charge is 0.347 e. The summed E-state index contributed by atoms with van der Waals surface area (Å²) in [5.41, 5.74) is 0.868. The van der Waals surface area contributed by atoms with Crippen molar-refractivity contribution >= 4 is 29.1 Å². The molecule has 1 aliphatic carbocycles. The Bertz CT molecular complexity index is 771. The summed E-state index contributed by atoms with van der Waals surface area (Å²) in [4.78, 5) is 17.6. The monoisotopic (exact) mass is 438 g/mol. The molecule has 1 aromatic carbocycles. The van der Waals surface area contributed by atoms with Crippen molar-refractivity contribution in [1.29, 1.82) is 0 Å². The second-order valence-electron chi connectivity index (χ2n) is 8.19. The fraction of sp³-hybridized carbons (Fsp3) is 0.591. The predicted molar refractivity (Wildman–Crippen MR) is 114 cm³/mol. The maximum atomic E-state index is 13.2. The number of carbonyl (C=O) groups excluding carboxylic acids is 1. The number of likely N-dealkylation sites (N-methyl/N-ethyl adjacent to an activating group) is 1. The molecule has 1 saturated heterocycles. The molecule has 158 valence electrons. The average molecular weight is 439 g/mol. The number of rotatable bonds is 4. The molecule has 2 fully saturated rings. The summed E-state index contributed by atoms with van der Waals surface area (Å²) in [6.45, 7) is 3.13. The van der Waals surface area contributed by atoms with Crippen LogP contribution in [0.25, 0.3) is 0 Å². The Balaban J connectivity index is 1.54. The summed E-state index contributed by atoms with van der Waals surface area (Å²) < 4.78 is 12.1. The van der Waals surface area contributed by atoms with E-state index in [1.165, 1.54) is 0 Å². The van der Waals surface area contributed by atoms with Gasteiger partial charge in [-0.3, -0.25) is 9.69 Å². The predicted octanol–water partition coefficient (Wildman–Crippen LogP) is 3.92. The van der Waals surface area contributed by atoms with Crippen molar-refractivity contribution in [2.45, 2.75) is 50.0 Å². The Morgan fingerprint density at radius 3 is 2.62 bits per heavy atom. The Labute approximate surface area is 182 Å². The highest BCUT2D eigenvalue weighted by Gasteiger charge is 2.46. The summed E-state index contributed by atoms with van der Waals surface area (Å²) in [5.74, 6) is -0.481. The second-order valence-corrected chi connectivity index (χ2v) is 9.01. The molecule has 1 saturated carbocycles. The second kappa shape index (κ2) is 8.94. The van der Waals surface area contributed by atoms with Crippen LogP contribution < -0.4 is 0 Å². The molecule has 0 bridgehead atoms. The normalized spacial score (nSPS) is 26.7. The first-order chi connectivity index (χ1) is 14.0. The number of amides is 1. The number of halogens is 2. The quantitative estimate of drug-likeness (QED) is 0.667. The zero-order valence-electron chi connectivity index (χ0n) is 16.8. The van der Waals surface area contributed by atoms with Gasteiger partial charge in [0.05, 0.1) is 35.7 Å². The molecule has 29 heavy (non-hydrogen) atoms. The molecule has 0 aromatic heterocycles. The zero-order valence-corrected chi connectivity index (χ0v) is 18.3. The molecule has 2 heterocycles. The molecule has 0 radical (unpaired) electrons. The lowest BCUT2D eigenvalue weighted by Gasteiger charge is -2.40. The molecule has 1 spiro atoms. The topological polar surface area (TPSA) is 42.0 Å². The van der Waals surface area contributed by atoms with E-state index in [2.05, 4.69) is 17.1 Å². The zero-order chi connectivity index (χ0) is 20.4. The molecule has 1 aromatic rings. The van der Waals surface area contributed by atoms with Crippen LogP contribution in [0, 0.1) is 0 Å². The van der Waals surface area contributed by atoms with Gasteiger partial charge in [0.1, 0.15) is 0 Å². The van der Waals surface area contributed by atoms with Crippen LogP contribution in [0.5, 0.6) is 0 Å². The Morgan fingerprint density at radius 1 is 1.21 bits per heavy atom. The van der Waals surface area contributed by atoms with Gasteiger partial charge >= 0.3 is 0 Å². The van der Waals surface area contributed by atoms with Crippen LogP contribution in [0.3, 0.4) is 0 Å². The van der Waals surface area contributed by atoms with Gasteiger partial charge < -0.3 is 14.4 Å². The van der Waals surface area contributed by atoms with Crippen LogP contribution in [0.2, 0.25) is 10.0 Å². The van der Waals surface area contributed by atoms with Gasteiger partial charge in [-0.1, -0.05) is 41.4 Å². The first kappa shape index (κ1) is 21.1. The first-order valence-corrected chi connectivity index (χ1v) is 11.1. The van der Waals surface area contributed by atoms with Crippen molar-refractivity contribution in [1.82, 2.24) is 9.80 Å². The van der Waals surface area contributed by atoms with Crippen LogP contribution in [0.15, 0.2) is 30.4 Å². The van der Waals surface area contributed by atoms with Gasteiger partial charge in [0.2, 0.25) is 5.91 Å². The van der Waals surface area contributed by atoms with Gasteiger partial charge in [-0.15, -0.1) is 0 Å². The minimum absolute atomic E-state index is 0.0331. The average Bonchev–Trinajstić information content (AvgIpc) is 3.35. The summed E-state index contributed by atoms with van der Waals surface area (Å²) in [6, 6.07) is 5.70. The van der Waals surface area contributed by atoms with E-state index in [0.717, 1.165) is 37.9 Å². The summed E-state index contributed by atoms with van der Waals surface area (Å²) in [5, 5.41) is 0.973. The van der Waals surface area contributed by atoms with Gasteiger partial charge in [-0.2, -0.15) is 0 Å². The Kier molecular flexibility index (Phi) is 6.52. The number of benzene rings is 1. The third-order valence-electron chi connectivity index (χ3n) is 6.38. The van der Waals surface area contributed by atoms with E-state index in [-0.39, 0.29) is 11.9 Å². The minimum atomic E-state index is -0.551. The number of hydrogen-bond donors (Lipinski definition) is 0. The molecule has 0 N–H and O–H groups in total. The van der Waals surface area contributed by atoms with E-state index in [4.69, 9.17) is 32.7 Å². The third kappa shape index (κ3) is 4.64. The van der Waals surface area contributed by atoms with E-state index in [1.54, 1.807) is 12.1 Å². The van der Waals surface area contributed by atoms with Crippen molar-refractivity contribution in [3.8, 4) is 0 Å². The number of hydrogen-bond acceptors (Lipinski definition) is 4. The van der Waals surface area contributed by atoms with Crippen LogP contribution >= 0.6 is 23.2 Å². The lowest BCUT2D eigenvalue weighted by atomic mass is 9.97. The van der Waals surface area contributed by atoms with Gasteiger partial charge in [-0.05, 0) is 30.5 Å². The lowest BCUT2D eigenvalue weighted by Crippen LogP contribution is -2.54. The third-order valence-corrected chi connectivity index (χ3v) is 7.12. The summed E-state index contributed by atoms with van der Waals surface area (Å²) in [7, 11) is 1.91. The Hall–Kier alpha value is -1.11. The van der Waals surface area contributed by atoms with Crippen LogP contribution in [-0.2, 0) is 20.7 Å². The molecule has 1 amide bonds. The Morgan fingerprint density at radius 2 is 1.93 bits per heavy atom. The molecule has 2 atom stereocenters. The highest BCUT2D eigenvalue weighted by Crippen LogP contribution is 2.38. The van der Waals surface area contributed by atoms with Gasteiger partial charge in [-0.25, -0.2) is 0 Å².